The predicted molar refractivity (Wildman–Crippen MR) is 97.3 cm³/mol. The smallest absolute Gasteiger partial charge is 0.323 e. The molecule has 2 aromatic rings. The number of nitrogens with zero attached hydrogens (tertiary/aromatic N) is 1. The highest BCUT2D eigenvalue weighted by molar-refractivity contribution is 8.00. The fraction of sp³-hybridized carbons (Fsp3) is 0.294. The van der Waals surface area contributed by atoms with Crippen LogP contribution in [0.2, 0.25) is 0 Å². The summed E-state index contributed by atoms with van der Waals surface area (Å²) in [5.74, 6) is -2.92. The third-order valence-electron chi connectivity index (χ3n) is 4.68. The number of carbonyl (C=O) groups is 3. The van der Waals surface area contributed by atoms with Crippen LogP contribution < -0.4 is 9.61 Å². The molecule has 1 aromatic carbocycles. The van der Waals surface area contributed by atoms with Gasteiger partial charge in [-0.2, -0.15) is 0 Å². The van der Waals surface area contributed by atoms with Gasteiger partial charge in [0.15, 0.2) is 0 Å². The molecule has 1 saturated heterocycles. The fourth-order valence-corrected chi connectivity index (χ4v) is 6.07. The van der Waals surface area contributed by atoms with Crippen LogP contribution in [0.25, 0.3) is 0 Å². The van der Waals surface area contributed by atoms with Crippen molar-refractivity contribution in [3.8, 4) is 5.75 Å². The maximum Gasteiger partial charge on any atom is 0.323 e. The molecule has 1 fully saturated rings. The Hall–Kier alpha value is -2.59. The van der Waals surface area contributed by atoms with Crippen LogP contribution in [0.15, 0.2) is 34.1 Å². The number of carboxylic acids is 1. The van der Waals surface area contributed by atoms with E-state index in [-0.39, 0.29) is 4.87 Å². The summed E-state index contributed by atoms with van der Waals surface area (Å²) in [7, 11) is 1.54. The number of carboxylic acid groups (broad SMARTS) is 1. The van der Waals surface area contributed by atoms with Gasteiger partial charge in [-0.05, 0) is 17.7 Å². The topological polar surface area (TPSA) is 117 Å². The first-order chi connectivity index (χ1) is 12.9. The average Bonchev–Trinajstić information content (AvgIpc) is 3.12. The van der Waals surface area contributed by atoms with Crippen molar-refractivity contribution in [2.24, 2.45) is 5.92 Å². The second-order valence-electron chi connectivity index (χ2n) is 6.18. The molecule has 2 aliphatic heterocycles. The number of hydrogen-bond acceptors (Lipinski definition) is 7. The van der Waals surface area contributed by atoms with Gasteiger partial charge in [0.25, 0.3) is 0 Å². The van der Waals surface area contributed by atoms with E-state index in [4.69, 9.17) is 9.84 Å². The zero-order chi connectivity index (χ0) is 19.3. The van der Waals surface area contributed by atoms with Crippen molar-refractivity contribution in [3.63, 3.8) is 0 Å². The van der Waals surface area contributed by atoms with E-state index in [0.29, 0.717) is 15.7 Å². The van der Waals surface area contributed by atoms with Crippen molar-refractivity contribution in [1.29, 1.82) is 0 Å². The lowest BCUT2D eigenvalue weighted by molar-refractivity contribution is -0.149. The minimum Gasteiger partial charge on any atom is -0.497 e. The van der Waals surface area contributed by atoms with Crippen molar-refractivity contribution in [3.05, 3.63) is 44.4 Å². The molecular formula is C17H14N2O6S2. The number of methoxy groups -OCH3 is 1. The molecule has 0 spiro atoms. The standard InChI is InChI=1S/C17H14N2O6S2/c1-25-8-4-2-7(3-5-8)10-11-13(26-14-12(10)27-17(24)18-14)16(23)19(15(11)22)6-9(20)21/h2-5,10-11,13H,6H2,1H3,(H,18,24)(H,20,21). The van der Waals surface area contributed by atoms with Crippen LogP contribution in [0, 0.1) is 5.92 Å². The number of aromatic amines is 1. The number of amides is 2. The van der Waals surface area contributed by atoms with Gasteiger partial charge in [0, 0.05) is 10.8 Å². The largest absolute Gasteiger partial charge is 0.497 e. The van der Waals surface area contributed by atoms with Gasteiger partial charge in [-0.15, -0.1) is 0 Å². The zero-order valence-corrected chi connectivity index (χ0v) is 15.6. The first-order valence-corrected chi connectivity index (χ1v) is 9.71. The van der Waals surface area contributed by atoms with E-state index in [1.807, 2.05) is 0 Å². The summed E-state index contributed by atoms with van der Waals surface area (Å²) in [6, 6.07) is 7.08. The number of thiazole rings is 1. The summed E-state index contributed by atoms with van der Waals surface area (Å²) >= 11 is 2.13. The highest BCUT2D eigenvalue weighted by atomic mass is 32.2. The fourth-order valence-electron chi connectivity index (χ4n) is 3.54. The molecular weight excluding hydrogens is 392 g/mol. The lowest BCUT2D eigenvalue weighted by atomic mass is 9.83. The van der Waals surface area contributed by atoms with Crippen molar-refractivity contribution in [2.45, 2.75) is 16.2 Å². The average molecular weight is 406 g/mol. The molecule has 10 heteroatoms. The number of nitrogens with one attached hydrogen (secondary N) is 1. The van der Waals surface area contributed by atoms with Gasteiger partial charge in [0.05, 0.1) is 18.1 Å². The molecule has 4 rings (SSSR count). The maximum atomic E-state index is 12.9. The third kappa shape index (κ3) is 2.85. The predicted octanol–water partition coefficient (Wildman–Crippen LogP) is 1.12. The molecule has 0 saturated carbocycles. The SMILES string of the molecule is COc1ccc(C2c3sc(=O)[nH]c3SC3C(=O)N(CC(=O)O)C(=O)C32)cc1. The molecule has 0 bridgehead atoms. The molecule has 2 N–H and O–H groups in total. The number of rotatable bonds is 4. The second-order valence-corrected chi connectivity index (χ2v) is 8.35. The number of carbonyl (C=O) groups excluding carboxylic acids is 2. The molecule has 1 aromatic heterocycles. The quantitative estimate of drug-likeness (QED) is 0.731. The first-order valence-electron chi connectivity index (χ1n) is 8.01. The second kappa shape index (κ2) is 6.54. The van der Waals surface area contributed by atoms with Crippen molar-refractivity contribution in [1.82, 2.24) is 9.88 Å². The number of H-pyrrole nitrogens is 1. The van der Waals surface area contributed by atoms with Crippen LogP contribution in [-0.2, 0) is 14.4 Å². The first kappa shape index (κ1) is 17.8. The third-order valence-corrected chi connectivity index (χ3v) is 7.08. The Bertz CT molecular complexity index is 996. The Labute approximate surface area is 161 Å². The van der Waals surface area contributed by atoms with Gasteiger partial charge in [0.2, 0.25) is 11.8 Å². The summed E-state index contributed by atoms with van der Waals surface area (Å²) < 4.78 is 5.16. The summed E-state index contributed by atoms with van der Waals surface area (Å²) in [6.45, 7) is -0.662. The summed E-state index contributed by atoms with van der Waals surface area (Å²) in [6.07, 6.45) is 0. The summed E-state index contributed by atoms with van der Waals surface area (Å²) in [4.78, 5) is 52.6. The molecule has 3 heterocycles. The Morgan fingerprint density at radius 1 is 1.22 bits per heavy atom. The van der Waals surface area contributed by atoms with E-state index in [1.165, 1.54) is 0 Å². The Kier molecular flexibility index (Phi) is 4.31. The van der Waals surface area contributed by atoms with E-state index >= 15 is 0 Å². The normalized spacial score (nSPS) is 23.9. The van der Waals surface area contributed by atoms with Crippen molar-refractivity contribution >= 4 is 40.9 Å². The Morgan fingerprint density at radius 3 is 2.56 bits per heavy atom. The van der Waals surface area contributed by atoms with Crippen LogP contribution in [0.1, 0.15) is 16.4 Å². The lowest BCUT2D eigenvalue weighted by Gasteiger charge is -2.29. The van der Waals surface area contributed by atoms with E-state index in [2.05, 4.69) is 4.98 Å². The highest BCUT2D eigenvalue weighted by Crippen LogP contribution is 2.52. The van der Waals surface area contributed by atoms with E-state index in [0.717, 1.165) is 33.6 Å². The maximum absolute atomic E-state index is 12.9. The summed E-state index contributed by atoms with van der Waals surface area (Å²) in [5.41, 5.74) is 0.765. The molecule has 8 nitrogen and oxygen atoms in total. The van der Waals surface area contributed by atoms with Gasteiger partial charge in [0.1, 0.15) is 17.5 Å². The van der Waals surface area contributed by atoms with Gasteiger partial charge < -0.3 is 14.8 Å². The van der Waals surface area contributed by atoms with Crippen LogP contribution >= 0.6 is 23.1 Å². The summed E-state index contributed by atoms with van der Waals surface area (Å²) in [5, 5.41) is 8.84. The minimum absolute atomic E-state index is 0.256. The van der Waals surface area contributed by atoms with E-state index in [9.17, 15) is 19.2 Å². The molecule has 2 amide bonds. The van der Waals surface area contributed by atoms with E-state index in [1.54, 1.807) is 31.4 Å². The van der Waals surface area contributed by atoms with Crippen molar-refractivity contribution in [2.75, 3.05) is 13.7 Å². The Morgan fingerprint density at radius 2 is 1.93 bits per heavy atom. The van der Waals surface area contributed by atoms with Gasteiger partial charge >= 0.3 is 10.8 Å². The molecule has 2 aliphatic rings. The number of aliphatic carboxylic acids is 1. The molecule has 27 heavy (non-hydrogen) atoms. The number of ether oxygens (including phenoxy) is 1. The molecule has 140 valence electrons. The van der Waals surface area contributed by atoms with Gasteiger partial charge in [-0.25, -0.2) is 0 Å². The van der Waals surface area contributed by atoms with Crippen LogP contribution in [0.4, 0.5) is 0 Å². The van der Waals surface area contributed by atoms with Crippen molar-refractivity contribution < 1.29 is 24.2 Å². The van der Waals surface area contributed by atoms with E-state index < -0.39 is 41.4 Å². The number of fused-ring (bicyclic) bond motifs is 2. The number of likely N-dealkylation sites (tertiary alicyclic amines) is 1. The van der Waals surface area contributed by atoms with Crippen LogP contribution in [-0.4, -0.2) is 51.7 Å². The Balaban J connectivity index is 1.83. The number of hydrogen-bond donors (Lipinski definition) is 2. The molecule has 0 radical (unpaired) electrons. The zero-order valence-electron chi connectivity index (χ0n) is 14.0. The lowest BCUT2D eigenvalue weighted by Crippen LogP contribution is -2.36. The van der Waals surface area contributed by atoms with Crippen LogP contribution in [0.5, 0.6) is 5.75 Å². The van der Waals surface area contributed by atoms with Gasteiger partial charge in [-0.1, -0.05) is 35.2 Å². The number of imide groups is 1. The molecule has 3 atom stereocenters. The number of thioether (sulfide) groups is 1. The number of benzene rings is 1. The van der Waals surface area contributed by atoms with Crippen LogP contribution in [0.3, 0.4) is 0 Å². The minimum atomic E-state index is -1.25. The highest BCUT2D eigenvalue weighted by Gasteiger charge is 2.56. The molecule has 3 unspecified atom stereocenters. The number of aromatic nitrogens is 1. The monoisotopic (exact) mass is 406 g/mol. The van der Waals surface area contributed by atoms with Gasteiger partial charge in [-0.3, -0.25) is 24.1 Å². The molecule has 0 aliphatic carbocycles.